The summed E-state index contributed by atoms with van der Waals surface area (Å²) in [5.41, 5.74) is 6.40. The van der Waals surface area contributed by atoms with E-state index >= 15 is 0 Å². The Balaban J connectivity index is 3.15. The van der Waals surface area contributed by atoms with Crippen molar-refractivity contribution in [3.63, 3.8) is 0 Å². The standard InChI is InChI=1S/C11H14FNO2/c1-2-7-3-4-10(12)8(5-7)9(6-13)11(14)15/h3-5,9H,2,6,13H2,1H3,(H,14,15). The lowest BCUT2D eigenvalue weighted by Gasteiger charge is -2.12. The van der Waals surface area contributed by atoms with Gasteiger partial charge in [-0.15, -0.1) is 0 Å². The van der Waals surface area contributed by atoms with Crippen molar-refractivity contribution in [1.82, 2.24) is 0 Å². The molecule has 3 nitrogen and oxygen atoms in total. The predicted molar refractivity (Wildman–Crippen MR) is 55.2 cm³/mol. The molecule has 0 aromatic heterocycles. The maximum absolute atomic E-state index is 13.4. The van der Waals surface area contributed by atoms with Crippen LogP contribution in [0.3, 0.4) is 0 Å². The number of halogens is 1. The van der Waals surface area contributed by atoms with Gasteiger partial charge >= 0.3 is 5.97 Å². The molecule has 0 aliphatic rings. The molecule has 0 saturated carbocycles. The van der Waals surface area contributed by atoms with E-state index in [1.807, 2.05) is 6.92 Å². The van der Waals surface area contributed by atoms with E-state index in [1.165, 1.54) is 6.07 Å². The number of aryl methyl sites for hydroxylation is 1. The first-order valence-electron chi connectivity index (χ1n) is 4.81. The Morgan fingerprint density at radius 2 is 2.27 bits per heavy atom. The molecule has 1 atom stereocenters. The molecule has 1 aromatic rings. The molecule has 82 valence electrons. The van der Waals surface area contributed by atoms with Gasteiger partial charge in [0.1, 0.15) is 5.82 Å². The first kappa shape index (κ1) is 11.7. The van der Waals surface area contributed by atoms with Gasteiger partial charge in [0.25, 0.3) is 0 Å². The van der Waals surface area contributed by atoms with Crippen molar-refractivity contribution < 1.29 is 14.3 Å². The zero-order valence-corrected chi connectivity index (χ0v) is 8.53. The Morgan fingerprint density at radius 1 is 1.60 bits per heavy atom. The van der Waals surface area contributed by atoms with E-state index in [9.17, 15) is 9.18 Å². The summed E-state index contributed by atoms with van der Waals surface area (Å²) in [5.74, 6) is -2.56. The van der Waals surface area contributed by atoms with Crippen LogP contribution in [-0.2, 0) is 11.2 Å². The summed E-state index contributed by atoms with van der Waals surface area (Å²) in [6.07, 6.45) is 0.740. The molecule has 0 aliphatic heterocycles. The number of carbonyl (C=O) groups is 1. The van der Waals surface area contributed by atoms with Gasteiger partial charge in [-0.1, -0.05) is 19.1 Å². The van der Waals surface area contributed by atoms with Crippen molar-refractivity contribution in [1.29, 1.82) is 0 Å². The first-order valence-corrected chi connectivity index (χ1v) is 4.81. The number of hydrogen-bond acceptors (Lipinski definition) is 2. The van der Waals surface area contributed by atoms with Gasteiger partial charge < -0.3 is 10.8 Å². The molecule has 0 heterocycles. The molecular formula is C11H14FNO2. The molecule has 0 saturated heterocycles. The highest BCUT2D eigenvalue weighted by Gasteiger charge is 2.21. The van der Waals surface area contributed by atoms with Gasteiger partial charge in [0.15, 0.2) is 0 Å². The monoisotopic (exact) mass is 211 g/mol. The summed E-state index contributed by atoms with van der Waals surface area (Å²) < 4.78 is 13.4. The maximum Gasteiger partial charge on any atom is 0.312 e. The SMILES string of the molecule is CCc1ccc(F)c(C(CN)C(=O)O)c1. The zero-order valence-electron chi connectivity index (χ0n) is 8.53. The van der Waals surface area contributed by atoms with E-state index in [1.54, 1.807) is 12.1 Å². The van der Waals surface area contributed by atoms with Crippen molar-refractivity contribution in [3.05, 3.63) is 35.1 Å². The molecule has 1 rings (SSSR count). The van der Waals surface area contributed by atoms with Crippen LogP contribution in [-0.4, -0.2) is 17.6 Å². The highest BCUT2D eigenvalue weighted by molar-refractivity contribution is 5.76. The van der Waals surface area contributed by atoms with Crippen molar-refractivity contribution in [2.24, 2.45) is 5.73 Å². The van der Waals surface area contributed by atoms with Crippen molar-refractivity contribution >= 4 is 5.97 Å². The van der Waals surface area contributed by atoms with E-state index in [0.717, 1.165) is 12.0 Å². The van der Waals surface area contributed by atoms with Crippen LogP contribution in [0.5, 0.6) is 0 Å². The van der Waals surface area contributed by atoms with Crippen LogP contribution in [0.25, 0.3) is 0 Å². The predicted octanol–water partition coefficient (Wildman–Crippen LogP) is 1.52. The molecule has 1 aromatic carbocycles. The normalized spacial score (nSPS) is 12.5. The molecule has 0 fully saturated rings. The van der Waals surface area contributed by atoms with E-state index in [4.69, 9.17) is 10.8 Å². The molecule has 15 heavy (non-hydrogen) atoms. The molecule has 0 spiro atoms. The molecule has 0 aliphatic carbocycles. The van der Waals surface area contributed by atoms with E-state index in [-0.39, 0.29) is 12.1 Å². The third-order valence-corrected chi connectivity index (χ3v) is 2.38. The fourth-order valence-corrected chi connectivity index (χ4v) is 1.44. The largest absolute Gasteiger partial charge is 0.481 e. The number of aliphatic carboxylic acids is 1. The number of carboxylic acid groups (broad SMARTS) is 1. The van der Waals surface area contributed by atoms with Crippen LogP contribution in [0.2, 0.25) is 0 Å². The molecule has 4 heteroatoms. The van der Waals surface area contributed by atoms with Crippen LogP contribution in [0, 0.1) is 5.82 Å². The number of benzene rings is 1. The Morgan fingerprint density at radius 3 is 2.73 bits per heavy atom. The Bertz CT molecular complexity index is 366. The quantitative estimate of drug-likeness (QED) is 0.793. The molecule has 0 radical (unpaired) electrons. The molecular weight excluding hydrogens is 197 g/mol. The molecule has 0 amide bonds. The van der Waals surface area contributed by atoms with E-state index in [0.29, 0.717) is 0 Å². The summed E-state index contributed by atoms with van der Waals surface area (Å²) in [5, 5.41) is 8.87. The second-order valence-electron chi connectivity index (χ2n) is 3.34. The van der Waals surface area contributed by atoms with Gasteiger partial charge in [-0.05, 0) is 18.1 Å². The van der Waals surface area contributed by atoms with Crippen molar-refractivity contribution in [2.75, 3.05) is 6.54 Å². The minimum atomic E-state index is -1.09. The topological polar surface area (TPSA) is 63.3 Å². The van der Waals surface area contributed by atoms with Crippen LogP contribution in [0.1, 0.15) is 24.0 Å². The van der Waals surface area contributed by atoms with Crippen LogP contribution < -0.4 is 5.73 Å². The van der Waals surface area contributed by atoms with E-state index < -0.39 is 17.7 Å². The number of carboxylic acids is 1. The zero-order chi connectivity index (χ0) is 11.4. The van der Waals surface area contributed by atoms with Crippen molar-refractivity contribution in [3.8, 4) is 0 Å². The average molecular weight is 211 g/mol. The fourth-order valence-electron chi connectivity index (χ4n) is 1.44. The second-order valence-corrected chi connectivity index (χ2v) is 3.34. The summed E-state index contributed by atoms with van der Waals surface area (Å²) in [4.78, 5) is 10.8. The number of hydrogen-bond donors (Lipinski definition) is 2. The summed E-state index contributed by atoms with van der Waals surface area (Å²) in [6.45, 7) is 1.83. The minimum absolute atomic E-state index is 0.0978. The highest BCUT2D eigenvalue weighted by Crippen LogP contribution is 2.20. The average Bonchev–Trinajstić information content (AvgIpc) is 2.21. The van der Waals surface area contributed by atoms with Gasteiger partial charge in [0.2, 0.25) is 0 Å². The Kier molecular flexibility index (Phi) is 3.80. The van der Waals surface area contributed by atoms with Gasteiger partial charge in [0.05, 0.1) is 5.92 Å². The molecule has 1 unspecified atom stereocenters. The van der Waals surface area contributed by atoms with Crippen molar-refractivity contribution in [2.45, 2.75) is 19.3 Å². The Labute approximate surface area is 87.7 Å². The van der Waals surface area contributed by atoms with Crippen LogP contribution in [0.15, 0.2) is 18.2 Å². The van der Waals surface area contributed by atoms with Gasteiger partial charge in [-0.2, -0.15) is 0 Å². The summed E-state index contributed by atoms with van der Waals surface area (Å²) in [6, 6.07) is 4.51. The summed E-state index contributed by atoms with van der Waals surface area (Å²) in [7, 11) is 0. The van der Waals surface area contributed by atoms with E-state index in [2.05, 4.69) is 0 Å². The smallest absolute Gasteiger partial charge is 0.312 e. The third-order valence-electron chi connectivity index (χ3n) is 2.38. The molecule has 3 N–H and O–H groups in total. The third kappa shape index (κ3) is 2.53. The maximum atomic E-state index is 13.4. The van der Waals surface area contributed by atoms with Gasteiger partial charge in [-0.3, -0.25) is 4.79 Å². The fraction of sp³-hybridized carbons (Fsp3) is 0.364. The lowest BCUT2D eigenvalue weighted by atomic mass is 9.96. The van der Waals surface area contributed by atoms with Gasteiger partial charge in [0, 0.05) is 12.1 Å². The second kappa shape index (κ2) is 4.89. The number of rotatable bonds is 4. The molecule has 0 bridgehead atoms. The lowest BCUT2D eigenvalue weighted by Crippen LogP contribution is -2.22. The highest BCUT2D eigenvalue weighted by atomic mass is 19.1. The van der Waals surface area contributed by atoms with Crippen LogP contribution >= 0.6 is 0 Å². The minimum Gasteiger partial charge on any atom is -0.481 e. The lowest BCUT2D eigenvalue weighted by molar-refractivity contribution is -0.138. The van der Waals surface area contributed by atoms with Gasteiger partial charge in [-0.25, -0.2) is 4.39 Å². The number of nitrogens with two attached hydrogens (primary N) is 1. The first-order chi connectivity index (χ1) is 7.10. The Hall–Kier alpha value is -1.42. The van der Waals surface area contributed by atoms with Crippen LogP contribution in [0.4, 0.5) is 4.39 Å². The summed E-state index contributed by atoms with van der Waals surface area (Å²) >= 11 is 0.